The summed E-state index contributed by atoms with van der Waals surface area (Å²) in [6.45, 7) is 2.76. The summed E-state index contributed by atoms with van der Waals surface area (Å²) in [4.78, 5) is 0. The fourth-order valence-corrected chi connectivity index (χ4v) is 1.53. The Kier molecular flexibility index (Phi) is 4.92. The summed E-state index contributed by atoms with van der Waals surface area (Å²) in [5, 5.41) is 3.34. The molecule has 1 aromatic rings. The highest BCUT2D eigenvalue weighted by Crippen LogP contribution is 2.29. The number of nitrogen functional groups attached to an aromatic ring is 1. The first kappa shape index (κ1) is 12.6. The van der Waals surface area contributed by atoms with Crippen LogP contribution < -0.4 is 15.8 Å². The lowest BCUT2D eigenvalue weighted by molar-refractivity contribution is 0.184. The van der Waals surface area contributed by atoms with Crippen molar-refractivity contribution in [1.82, 2.24) is 0 Å². The smallest absolute Gasteiger partial charge is 0.143 e. The summed E-state index contributed by atoms with van der Waals surface area (Å²) < 4.78 is 10.3. The zero-order valence-corrected chi connectivity index (χ0v) is 10.1. The highest BCUT2D eigenvalue weighted by molar-refractivity contribution is 5.73. The first-order chi connectivity index (χ1) is 7.72. The van der Waals surface area contributed by atoms with Gasteiger partial charge in [-0.2, -0.15) is 0 Å². The summed E-state index contributed by atoms with van der Waals surface area (Å²) >= 11 is 0. The van der Waals surface area contributed by atoms with E-state index >= 15 is 0 Å². The normalized spacial score (nSPS) is 12.2. The summed E-state index contributed by atoms with van der Waals surface area (Å²) in [7, 11) is 3.31. The average Bonchev–Trinajstić information content (AvgIpc) is 2.31. The van der Waals surface area contributed by atoms with Crippen LogP contribution in [0.2, 0.25) is 0 Å². The molecule has 16 heavy (non-hydrogen) atoms. The van der Waals surface area contributed by atoms with Crippen molar-refractivity contribution in [3.05, 3.63) is 18.2 Å². The van der Waals surface area contributed by atoms with E-state index in [1.165, 1.54) is 0 Å². The molecule has 0 radical (unpaired) electrons. The Morgan fingerprint density at radius 2 is 2.12 bits per heavy atom. The van der Waals surface area contributed by atoms with Gasteiger partial charge in [0.1, 0.15) is 5.75 Å². The average molecular weight is 224 g/mol. The zero-order valence-electron chi connectivity index (χ0n) is 10.1. The molecule has 0 spiro atoms. The molecule has 0 heterocycles. The number of para-hydroxylation sites is 1. The minimum atomic E-state index is 0.263. The van der Waals surface area contributed by atoms with Gasteiger partial charge in [0.2, 0.25) is 0 Å². The number of rotatable bonds is 6. The summed E-state index contributed by atoms with van der Waals surface area (Å²) in [5.74, 6) is 0.692. The van der Waals surface area contributed by atoms with Gasteiger partial charge in [-0.15, -0.1) is 0 Å². The van der Waals surface area contributed by atoms with E-state index in [2.05, 4.69) is 12.2 Å². The van der Waals surface area contributed by atoms with Gasteiger partial charge in [-0.1, -0.05) is 13.0 Å². The van der Waals surface area contributed by atoms with Crippen molar-refractivity contribution in [2.24, 2.45) is 0 Å². The van der Waals surface area contributed by atoms with Crippen molar-refractivity contribution in [1.29, 1.82) is 0 Å². The number of hydrogen-bond acceptors (Lipinski definition) is 4. The molecule has 0 bridgehead atoms. The van der Waals surface area contributed by atoms with Crippen LogP contribution in [0, 0.1) is 0 Å². The molecule has 0 aliphatic heterocycles. The summed E-state index contributed by atoms with van der Waals surface area (Å²) in [5.41, 5.74) is 7.50. The van der Waals surface area contributed by atoms with Crippen molar-refractivity contribution >= 4 is 11.4 Å². The molecule has 90 valence electrons. The van der Waals surface area contributed by atoms with Gasteiger partial charge in [0.05, 0.1) is 25.1 Å². The highest BCUT2D eigenvalue weighted by Gasteiger charge is 2.09. The Morgan fingerprint density at radius 3 is 2.69 bits per heavy atom. The molecule has 0 aliphatic rings. The number of hydrogen-bond donors (Lipinski definition) is 2. The first-order valence-corrected chi connectivity index (χ1v) is 5.40. The maximum Gasteiger partial charge on any atom is 0.143 e. The van der Waals surface area contributed by atoms with E-state index in [1.54, 1.807) is 14.2 Å². The monoisotopic (exact) mass is 224 g/mol. The number of nitrogens with one attached hydrogen (secondary N) is 1. The van der Waals surface area contributed by atoms with E-state index in [0.29, 0.717) is 18.0 Å². The third kappa shape index (κ3) is 3.03. The Bertz CT molecular complexity index is 329. The van der Waals surface area contributed by atoms with Gasteiger partial charge in [-0.25, -0.2) is 0 Å². The van der Waals surface area contributed by atoms with Crippen LogP contribution in [0.25, 0.3) is 0 Å². The van der Waals surface area contributed by atoms with Gasteiger partial charge in [0.15, 0.2) is 0 Å². The van der Waals surface area contributed by atoms with Crippen LogP contribution in [0.5, 0.6) is 5.75 Å². The number of nitrogens with two attached hydrogens (primary N) is 1. The molecule has 0 saturated heterocycles. The van der Waals surface area contributed by atoms with Crippen LogP contribution in [0.1, 0.15) is 13.3 Å². The van der Waals surface area contributed by atoms with Crippen LogP contribution in [-0.2, 0) is 4.74 Å². The Labute approximate surface area is 96.7 Å². The molecule has 0 fully saturated rings. The lowest BCUT2D eigenvalue weighted by Crippen LogP contribution is -2.24. The maximum absolute atomic E-state index is 5.96. The van der Waals surface area contributed by atoms with E-state index in [0.717, 1.165) is 12.1 Å². The highest BCUT2D eigenvalue weighted by atomic mass is 16.5. The topological polar surface area (TPSA) is 56.5 Å². The van der Waals surface area contributed by atoms with Crippen LogP contribution in [0.4, 0.5) is 11.4 Å². The fraction of sp³-hybridized carbons (Fsp3) is 0.500. The van der Waals surface area contributed by atoms with Gasteiger partial charge in [-0.05, 0) is 18.6 Å². The molecule has 1 rings (SSSR count). The molecule has 0 saturated carbocycles. The molecule has 1 atom stereocenters. The van der Waals surface area contributed by atoms with Crippen molar-refractivity contribution in [3.8, 4) is 5.75 Å². The van der Waals surface area contributed by atoms with E-state index < -0.39 is 0 Å². The Morgan fingerprint density at radius 1 is 1.38 bits per heavy atom. The second kappa shape index (κ2) is 6.23. The second-order valence-electron chi connectivity index (χ2n) is 3.63. The third-order valence-electron chi connectivity index (χ3n) is 2.51. The van der Waals surface area contributed by atoms with Gasteiger partial charge in [-0.3, -0.25) is 0 Å². The third-order valence-corrected chi connectivity index (χ3v) is 2.51. The quantitative estimate of drug-likeness (QED) is 0.727. The van der Waals surface area contributed by atoms with Crippen molar-refractivity contribution in [3.63, 3.8) is 0 Å². The Hall–Kier alpha value is -1.42. The minimum absolute atomic E-state index is 0.263. The van der Waals surface area contributed by atoms with E-state index in [1.807, 2.05) is 18.2 Å². The SMILES string of the molecule is CCC(COC)Nc1cccc(OC)c1N. The predicted octanol–water partition coefficient (Wildman–Crippen LogP) is 2.11. The second-order valence-corrected chi connectivity index (χ2v) is 3.63. The molecule has 1 aromatic carbocycles. The molecular weight excluding hydrogens is 204 g/mol. The van der Waals surface area contributed by atoms with Gasteiger partial charge >= 0.3 is 0 Å². The van der Waals surface area contributed by atoms with E-state index in [9.17, 15) is 0 Å². The van der Waals surface area contributed by atoms with Crippen molar-refractivity contribution < 1.29 is 9.47 Å². The molecular formula is C12H20N2O2. The Balaban J connectivity index is 2.79. The van der Waals surface area contributed by atoms with Gasteiger partial charge in [0, 0.05) is 13.2 Å². The standard InChI is InChI=1S/C12H20N2O2/c1-4-9(8-15-2)14-10-6-5-7-11(16-3)12(10)13/h5-7,9,14H,4,8,13H2,1-3H3. The number of methoxy groups -OCH3 is 2. The summed E-state index contributed by atoms with van der Waals surface area (Å²) in [6, 6.07) is 5.96. The molecule has 3 N–H and O–H groups in total. The zero-order chi connectivity index (χ0) is 12.0. The fourth-order valence-electron chi connectivity index (χ4n) is 1.53. The first-order valence-electron chi connectivity index (χ1n) is 5.40. The molecule has 0 amide bonds. The van der Waals surface area contributed by atoms with Gasteiger partial charge < -0.3 is 20.5 Å². The molecule has 4 nitrogen and oxygen atoms in total. The minimum Gasteiger partial charge on any atom is -0.495 e. The van der Waals surface area contributed by atoms with Crippen LogP contribution >= 0.6 is 0 Å². The lowest BCUT2D eigenvalue weighted by Gasteiger charge is -2.19. The molecule has 0 aromatic heterocycles. The van der Waals surface area contributed by atoms with Crippen molar-refractivity contribution in [2.75, 3.05) is 31.9 Å². The predicted molar refractivity (Wildman–Crippen MR) is 67.0 cm³/mol. The van der Waals surface area contributed by atoms with Gasteiger partial charge in [0.25, 0.3) is 0 Å². The van der Waals surface area contributed by atoms with E-state index in [-0.39, 0.29) is 6.04 Å². The van der Waals surface area contributed by atoms with Crippen LogP contribution in [0.3, 0.4) is 0 Å². The number of benzene rings is 1. The van der Waals surface area contributed by atoms with Crippen molar-refractivity contribution in [2.45, 2.75) is 19.4 Å². The lowest BCUT2D eigenvalue weighted by atomic mass is 10.2. The van der Waals surface area contributed by atoms with Crippen LogP contribution in [-0.4, -0.2) is 26.9 Å². The van der Waals surface area contributed by atoms with E-state index in [4.69, 9.17) is 15.2 Å². The molecule has 4 heteroatoms. The largest absolute Gasteiger partial charge is 0.495 e. The molecule has 1 unspecified atom stereocenters. The number of anilines is 2. The van der Waals surface area contributed by atoms with Crippen LogP contribution in [0.15, 0.2) is 18.2 Å². The summed E-state index contributed by atoms with van der Waals surface area (Å²) in [6.07, 6.45) is 0.977. The maximum atomic E-state index is 5.96. The number of ether oxygens (including phenoxy) is 2. The molecule has 0 aliphatic carbocycles.